The fourth-order valence-corrected chi connectivity index (χ4v) is 2.18. The van der Waals surface area contributed by atoms with E-state index in [-0.39, 0.29) is 12.2 Å². The fourth-order valence-electron chi connectivity index (χ4n) is 1.67. The van der Waals surface area contributed by atoms with Gasteiger partial charge in [0, 0.05) is 16.8 Å². The van der Waals surface area contributed by atoms with E-state index in [0.717, 1.165) is 11.3 Å². The van der Waals surface area contributed by atoms with Crippen LogP contribution in [0, 0.1) is 6.92 Å². The Morgan fingerprint density at radius 1 is 1.28 bits per heavy atom. The van der Waals surface area contributed by atoms with E-state index >= 15 is 0 Å². The van der Waals surface area contributed by atoms with Crippen molar-refractivity contribution >= 4 is 29.0 Å². The van der Waals surface area contributed by atoms with Crippen LogP contribution in [0.25, 0.3) is 0 Å². The molecule has 1 heterocycles. The average Bonchev–Trinajstić information content (AvgIpc) is 2.32. The molecule has 0 saturated carbocycles. The maximum atomic E-state index is 12.1. The summed E-state index contributed by atoms with van der Waals surface area (Å²) < 4.78 is 0. The molecule has 0 aliphatic carbocycles. The first-order chi connectivity index (χ1) is 8.58. The lowest BCUT2D eigenvalue weighted by Gasteiger charge is -2.05. The molecule has 92 valence electrons. The average molecular weight is 280 g/mol. The van der Waals surface area contributed by atoms with Crippen molar-refractivity contribution in [2.75, 3.05) is 0 Å². The number of carbonyl (C=O) groups is 1. The van der Waals surface area contributed by atoms with Gasteiger partial charge in [-0.15, -0.1) is 0 Å². The van der Waals surface area contributed by atoms with E-state index in [2.05, 4.69) is 4.98 Å². The number of hydrogen-bond acceptors (Lipinski definition) is 2. The van der Waals surface area contributed by atoms with Crippen LogP contribution in [0.4, 0.5) is 0 Å². The second-order valence-electron chi connectivity index (χ2n) is 3.99. The molecule has 0 unspecified atom stereocenters. The third kappa shape index (κ3) is 2.89. The largest absolute Gasteiger partial charge is 0.294 e. The van der Waals surface area contributed by atoms with Crippen molar-refractivity contribution in [3.8, 4) is 0 Å². The molecular weight excluding hydrogens is 269 g/mol. The lowest BCUT2D eigenvalue weighted by molar-refractivity contribution is 0.0992. The number of pyridine rings is 1. The molecule has 1 aromatic carbocycles. The van der Waals surface area contributed by atoms with Gasteiger partial charge in [0.15, 0.2) is 5.78 Å². The minimum Gasteiger partial charge on any atom is -0.294 e. The smallest absolute Gasteiger partial charge is 0.170 e. The van der Waals surface area contributed by atoms with Crippen molar-refractivity contribution in [2.45, 2.75) is 13.3 Å². The molecule has 1 aromatic heterocycles. The summed E-state index contributed by atoms with van der Waals surface area (Å²) in [5, 5.41) is 0.895. The molecule has 0 amide bonds. The van der Waals surface area contributed by atoms with Crippen LogP contribution in [0.1, 0.15) is 21.6 Å². The van der Waals surface area contributed by atoms with E-state index in [4.69, 9.17) is 23.2 Å². The van der Waals surface area contributed by atoms with E-state index in [0.29, 0.717) is 15.6 Å². The predicted molar refractivity (Wildman–Crippen MR) is 73.5 cm³/mol. The van der Waals surface area contributed by atoms with Gasteiger partial charge in [-0.25, -0.2) is 0 Å². The highest BCUT2D eigenvalue weighted by atomic mass is 35.5. The normalized spacial score (nSPS) is 10.4. The number of hydrogen-bond donors (Lipinski definition) is 0. The number of rotatable bonds is 3. The van der Waals surface area contributed by atoms with Crippen LogP contribution in [0.5, 0.6) is 0 Å². The highest BCUT2D eigenvalue weighted by Crippen LogP contribution is 2.22. The monoisotopic (exact) mass is 279 g/mol. The molecule has 0 radical (unpaired) electrons. The molecule has 0 aliphatic rings. The van der Waals surface area contributed by atoms with Gasteiger partial charge in [-0.2, -0.15) is 0 Å². The van der Waals surface area contributed by atoms with Crippen molar-refractivity contribution in [2.24, 2.45) is 0 Å². The maximum absolute atomic E-state index is 12.1. The van der Waals surface area contributed by atoms with Gasteiger partial charge in [-0.05, 0) is 36.8 Å². The molecule has 0 fully saturated rings. The van der Waals surface area contributed by atoms with Gasteiger partial charge in [0.25, 0.3) is 0 Å². The summed E-state index contributed by atoms with van der Waals surface area (Å²) >= 11 is 11.8. The van der Waals surface area contributed by atoms with Crippen LogP contribution in [-0.4, -0.2) is 10.8 Å². The first-order valence-corrected chi connectivity index (χ1v) is 6.22. The zero-order valence-electron chi connectivity index (χ0n) is 9.78. The minimum atomic E-state index is -0.0570. The second-order valence-corrected chi connectivity index (χ2v) is 4.83. The standard InChI is InChI=1S/C14H11Cl2NO/c1-9-3-2-6-17-13(9)8-14(18)11-5-4-10(15)7-12(11)16/h2-7H,8H2,1H3. The molecule has 0 aliphatic heterocycles. The number of benzene rings is 1. The molecule has 0 saturated heterocycles. The summed E-state index contributed by atoms with van der Waals surface area (Å²) in [4.78, 5) is 16.3. The van der Waals surface area contributed by atoms with E-state index in [1.54, 1.807) is 24.4 Å². The molecule has 2 rings (SSSR count). The van der Waals surface area contributed by atoms with Crippen molar-refractivity contribution in [1.82, 2.24) is 4.98 Å². The van der Waals surface area contributed by atoms with Crippen LogP contribution in [0.2, 0.25) is 10.0 Å². The van der Waals surface area contributed by atoms with Crippen molar-refractivity contribution in [3.05, 3.63) is 63.4 Å². The Hall–Kier alpha value is -1.38. The molecule has 0 N–H and O–H groups in total. The van der Waals surface area contributed by atoms with Gasteiger partial charge >= 0.3 is 0 Å². The Morgan fingerprint density at radius 2 is 2.06 bits per heavy atom. The maximum Gasteiger partial charge on any atom is 0.170 e. The molecule has 2 nitrogen and oxygen atoms in total. The van der Waals surface area contributed by atoms with Gasteiger partial charge in [-0.3, -0.25) is 9.78 Å². The highest BCUT2D eigenvalue weighted by Gasteiger charge is 2.13. The third-order valence-corrected chi connectivity index (χ3v) is 3.23. The second kappa shape index (κ2) is 5.51. The SMILES string of the molecule is Cc1cccnc1CC(=O)c1ccc(Cl)cc1Cl. The highest BCUT2D eigenvalue weighted by molar-refractivity contribution is 6.36. The predicted octanol–water partition coefficient (Wildman–Crippen LogP) is 4.12. The van der Waals surface area contributed by atoms with Gasteiger partial charge < -0.3 is 0 Å². The zero-order valence-corrected chi connectivity index (χ0v) is 11.3. The number of aromatic nitrogens is 1. The molecule has 2 aromatic rings. The Labute approximate surface area is 116 Å². The van der Waals surface area contributed by atoms with Crippen LogP contribution in [0.3, 0.4) is 0 Å². The number of ketones is 1. The molecule has 0 bridgehead atoms. The quantitative estimate of drug-likeness (QED) is 0.791. The summed E-state index contributed by atoms with van der Waals surface area (Å²) in [6.07, 6.45) is 1.92. The zero-order chi connectivity index (χ0) is 13.1. The summed E-state index contributed by atoms with van der Waals surface area (Å²) in [5.41, 5.74) is 2.25. The first-order valence-electron chi connectivity index (χ1n) is 5.46. The summed E-state index contributed by atoms with van der Waals surface area (Å²) in [5.74, 6) is -0.0570. The van der Waals surface area contributed by atoms with Gasteiger partial charge in [-0.1, -0.05) is 29.3 Å². The summed E-state index contributed by atoms with van der Waals surface area (Å²) in [7, 11) is 0. The van der Waals surface area contributed by atoms with Gasteiger partial charge in [0.1, 0.15) is 0 Å². The van der Waals surface area contributed by atoms with Gasteiger partial charge in [0.05, 0.1) is 17.1 Å². The van der Waals surface area contributed by atoms with Crippen LogP contribution >= 0.6 is 23.2 Å². The number of carbonyl (C=O) groups excluding carboxylic acids is 1. The van der Waals surface area contributed by atoms with E-state index in [1.165, 1.54) is 0 Å². The Bertz CT molecular complexity index is 596. The molecule has 0 atom stereocenters. The molecule has 0 spiro atoms. The van der Waals surface area contributed by atoms with Crippen LogP contribution in [0.15, 0.2) is 36.5 Å². The third-order valence-electron chi connectivity index (χ3n) is 2.68. The Kier molecular flexibility index (Phi) is 4.00. The van der Waals surface area contributed by atoms with Crippen LogP contribution in [-0.2, 0) is 6.42 Å². The van der Waals surface area contributed by atoms with Crippen LogP contribution < -0.4 is 0 Å². The molecular formula is C14H11Cl2NO. The number of Topliss-reactive ketones (excluding diaryl/α,β-unsaturated/α-hetero) is 1. The Morgan fingerprint density at radius 3 is 2.72 bits per heavy atom. The lowest BCUT2D eigenvalue weighted by atomic mass is 10.0. The van der Waals surface area contributed by atoms with Crippen molar-refractivity contribution in [3.63, 3.8) is 0 Å². The van der Waals surface area contributed by atoms with E-state index in [9.17, 15) is 4.79 Å². The fraction of sp³-hybridized carbons (Fsp3) is 0.143. The van der Waals surface area contributed by atoms with Gasteiger partial charge in [0.2, 0.25) is 0 Å². The number of halogens is 2. The van der Waals surface area contributed by atoms with E-state index < -0.39 is 0 Å². The topological polar surface area (TPSA) is 30.0 Å². The van der Waals surface area contributed by atoms with Crippen molar-refractivity contribution < 1.29 is 4.79 Å². The summed E-state index contributed by atoms with van der Waals surface area (Å²) in [6, 6.07) is 8.65. The number of nitrogens with zero attached hydrogens (tertiary/aromatic N) is 1. The lowest BCUT2D eigenvalue weighted by Crippen LogP contribution is -2.07. The molecule has 4 heteroatoms. The summed E-state index contributed by atoms with van der Waals surface area (Å²) in [6.45, 7) is 1.93. The van der Waals surface area contributed by atoms with Crippen molar-refractivity contribution in [1.29, 1.82) is 0 Å². The Balaban J connectivity index is 2.25. The molecule has 18 heavy (non-hydrogen) atoms. The minimum absolute atomic E-state index is 0.0570. The van der Waals surface area contributed by atoms with E-state index in [1.807, 2.05) is 19.1 Å². The first kappa shape index (κ1) is 13.1. The number of aryl methyl sites for hydroxylation is 1.